The summed E-state index contributed by atoms with van der Waals surface area (Å²) in [4.78, 5) is 2.15. The summed E-state index contributed by atoms with van der Waals surface area (Å²) in [5.41, 5.74) is -0.542. The fourth-order valence-electron chi connectivity index (χ4n) is 2.39. The van der Waals surface area contributed by atoms with Gasteiger partial charge in [-0.05, 0) is 40.2 Å². The van der Waals surface area contributed by atoms with Crippen molar-refractivity contribution in [3.05, 3.63) is 0 Å². The van der Waals surface area contributed by atoms with Gasteiger partial charge in [0.15, 0.2) is 9.84 Å². The zero-order valence-corrected chi connectivity index (χ0v) is 13.0. The molecule has 5 nitrogen and oxygen atoms in total. The molecule has 1 saturated heterocycles. The van der Waals surface area contributed by atoms with Gasteiger partial charge in [0.05, 0.1) is 17.6 Å². The van der Waals surface area contributed by atoms with Crippen LogP contribution in [0.4, 0.5) is 0 Å². The fraction of sp³-hybridized carbons (Fsp3) is 0.923. The summed E-state index contributed by atoms with van der Waals surface area (Å²) in [5, 5.41) is 12.5. The molecule has 0 aromatic carbocycles. The Morgan fingerprint density at radius 3 is 2.63 bits per heavy atom. The average Bonchev–Trinajstić information content (AvgIpc) is 2.47. The lowest BCUT2D eigenvalue weighted by Crippen LogP contribution is -2.47. The van der Waals surface area contributed by atoms with E-state index >= 15 is 0 Å². The minimum Gasteiger partial charge on any atom is -0.302 e. The van der Waals surface area contributed by atoms with Crippen LogP contribution in [0.15, 0.2) is 0 Å². The monoisotopic (exact) mass is 287 g/mol. The van der Waals surface area contributed by atoms with Crippen LogP contribution in [0.5, 0.6) is 0 Å². The molecule has 1 aliphatic heterocycles. The third kappa shape index (κ3) is 5.89. The molecular weight excluding hydrogens is 262 g/mol. The summed E-state index contributed by atoms with van der Waals surface area (Å²) in [6, 6.07) is 2.58. The summed E-state index contributed by atoms with van der Waals surface area (Å²) < 4.78 is 23.1. The minimum atomic E-state index is -2.85. The molecule has 0 spiro atoms. The Bertz CT molecular complexity index is 428. The van der Waals surface area contributed by atoms with Crippen molar-refractivity contribution in [3.63, 3.8) is 0 Å². The second-order valence-electron chi connectivity index (χ2n) is 5.84. The van der Waals surface area contributed by atoms with Crippen LogP contribution in [0, 0.1) is 11.3 Å². The van der Waals surface area contributed by atoms with Crippen LogP contribution >= 0.6 is 0 Å². The summed E-state index contributed by atoms with van der Waals surface area (Å²) in [7, 11) is -2.85. The van der Waals surface area contributed by atoms with Crippen molar-refractivity contribution in [3.8, 4) is 6.07 Å². The largest absolute Gasteiger partial charge is 0.302 e. The predicted molar refractivity (Wildman–Crippen MR) is 76.6 cm³/mol. The smallest absolute Gasteiger partial charge is 0.151 e. The maximum absolute atomic E-state index is 11.5. The second-order valence-corrected chi connectivity index (χ2v) is 8.14. The van der Waals surface area contributed by atoms with E-state index < -0.39 is 15.4 Å². The Balaban J connectivity index is 2.49. The molecule has 6 heteroatoms. The number of hydrogen-bond donors (Lipinski definition) is 1. The van der Waals surface area contributed by atoms with E-state index in [-0.39, 0.29) is 11.8 Å². The standard InChI is InChI=1S/C13H25N3O2S/c1-12(2)15-13(3,11-14)5-7-16-6-4-9-19(17,18)10-8-16/h12,15H,4-10H2,1-3H3. The summed E-state index contributed by atoms with van der Waals surface area (Å²) in [5.74, 6) is 0.539. The van der Waals surface area contributed by atoms with Gasteiger partial charge in [0.2, 0.25) is 0 Å². The molecule has 0 radical (unpaired) electrons. The Kier molecular flexibility index (Phi) is 5.78. The first-order chi connectivity index (χ1) is 8.76. The lowest BCUT2D eigenvalue weighted by Gasteiger charge is -2.29. The van der Waals surface area contributed by atoms with E-state index in [0.29, 0.717) is 25.1 Å². The Morgan fingerprint density at radius 2 is 2.05 bits per heavy atom. The fourth-order valence-corrected chi connectivity index (χ4v) is 3.70. The molecule has 1 unspecified atom stereocenters. The zero-order chi connectivity index (χ0) is 14.5. The number of nitrogens with one attached hydrogen (secondary N) is 1. The molecule has 0 aliphatic carbocycles. The lowest BCUT2D eigenvalue weighted by atomic mass is 9.98. The molecule has 1 N–H and O–H groups in total. The normalized spacial score (nSPS) is 23.5. The van der Waals surface area contributed by atoms with Gasteiger partial charge in [0.25, 0.3) is 0 Å². The molecule has 0 amide bonds. The lowest BCUT2D eigenvalue weighted by molar-refractivity contribution is 0.255. The van der Waals surface area contributed by atoms with Crippen molar-refractivity contribution >= 4 is 9.84 Å². The van der Waals surface area contributed by atoms with Crippen molar-refractivity contribution in [2.75, 3.05) is 31.1 Å². The van der Waals surface area contributed by atoms with Crippen LogP contribution in [0.1, 0.15) is 33.6 Å². The molecule has 1 rings (SSSR count). The van der Waals surface area contributed by atoms with Crippen molar-refractivity contribution in [2.45, 2.75) is 45.2 Å². The van der Waals surface area contributed by atoms with E-state index in [1.165, 1.54) is 0 Å². The molecule has 1 fully saturated rings. The van der Waals surface area contributed by atoms with E-state index in [4.69, 9.17) is 0 Å². The third-order valence-electron chi connectivity index (χ3n) is 3.43. The maximum atomic E-state index is 11.5. The number of nitrogens with zero attached hydrogens (tertiary/aromatic N) is 2. The van der Waals surface area contributed by atoms with Crippen LogP contribution in [-0.2, 0) is 9.84 Å². The van der Waals surface area contributed by atoms with Crippen LogP contribution in [0.25, 0.3) is 0 Å². The number of hydrogen-bond acceptors (Lipinski definition) is 5. The van der Waals surface area contributed by atoms with Gasteiger partial charge in [-0.15, -0.1) is 0 Å². The zero-order valence-electron chi connectivity index (χ0n) is 12.1. The highest BCUT2D eigenvalue weighted by molar-refractivity contribution is 7.91. The van der Waals surface area contributed by atoms with Gasteiger partial charge in [-0.3, -0.25) is 5.32 Å². The molecule has 0 saturated carbocycles. The molecular formula is C13H25N3O2S. The van der Waals surface area contributed by atoms with E-state index in [1.54, 1.807) is 0 Å². The van der Waals surface area contributed by atoms with E-state index in [1.807, 2.05) is 20.8 Å². The third-order valence-corrected chi connectivity index (χ3v) is 5.15. The van der Waals surface area contributed by atoms with Gasteiger partial charge in [-0.25, -0.2) is 8.42 Å². The first-order valence-electron chi connectivity index (χ1n) is 6.88. The van der Waals surface area contributed by atoms with Crippen molar-refractivity contribution in [1.29, 1.82) is 5.26 Å². The van der Waals surface area contributed by atoms with Gasteiger partial charge >= 0.3 is 0 Å². The summed E-state index contributed by atoms with van der Waals surface area (Å²) in [6.07, 6.45) is 1.41. The predicted octanol–water partition coefficient (Wildman–Crippen LogP) is 0.777. The van der Waals surface area contributed by atoms with Crippen LogP contribution < -0.4 is 5.32 Å². The quantitative estimate of drug-likeness (QED) is 0.809. The van der Waals surface area contributed by atoms with E-state index in [0.717, 1.165) is 13.1 Å². The molecule has 1 aliphatic rings. The Morgan fingerprint density at radius 1 is 1.37 bits per heavy atom. The molecule has 19 heavy (non-hydrogen) atoms. The number of sulfone groups is 1. The van der Waals surface area contributed by atoms with Crippen molar-refractivity contribution in [1.82, 2.24) is 10.2 Å². The first kappa shape index (κ1) is 16.4. The maximum Gasteiger partial charge on any atom is 0.151 e. The molecule has 0 aromatic heterocycles. The second kappa shape index (κ2) is 6.69. The molecule has 1 atom stereocenters. The summed E-state index contributed by atoms with van der Waals surface area (Å²) in [6.45, 7) is 8.11. The summed E-state index contributed by atoms with van der Waals surface area (Å²) >= 11 is 0. The Labute approximate surface area is 116 Å². The molecule has 1 heterocycles. The SMILES string of the molecule is CC(C)NC(C)(C#N)CCN1CCCS(=O)(=O)CC1. The number of nitriles is 1. The Hall–Kier alpha value is -0.640. The topological polar surface area (TPSA) is 73.2 Å². The molecule has 0 aromatic rings. The highest BCUT2D eigenvalue weighted by Crippen LogP contribution is 2.13. The number of rotatable bonds is 5. The minimum absolute atomic E-state index is 0.244. The van der Waals surface area contributed by atoms with Crippen LogP contribution in [0.2, 0.25) is 0 Å². The van der Waals surface area contributed by atoms with Gasteiger partial charge in [0, 0.05) is 19.1 Å². The van der Waals surface area contributed by atoms with E-state index in [2.05, 4.69) is 16.3 Å². The average molecular weight is 287 g/mol. The first-order valence-corrected chi connectivity index (χ1v) is 8.70. The van der Waals surface area contributed by atoms with Gasteiger partial charge in [-0.2, -0.15) is 5.26 Å². The van der Waals surface area contributed by atoms with E-state index in [9.17, 15) is 13.7 Å². The van der Waals surface area contributed by atoms with Crippen LogP contribution in [0.3, 0.4) is 0 Å². The van der Waals surface area contributed by atoms with Gasteiger partial charge in [-0.1, -0.05) is 0 Å². The molecule has 0 bridgehead atoms. The highest BCUT2D eigenvalue weighted by Gasteiger charge is 2.26. The van der Waals surface area contributed by atoms with Crippen molar-refractivity contribution < 1.29 is 8.42 Å². The van der Waals surface area contributed by atoms with Gasteiger partial charge < -0.3 is 4.90 Å². The van der Waals surface area contributed by atoms with Gasteiger partial charge in [0.1, 0.15) is 5.54 Å². The van der Waals surface area contributed by atoms with Crippen LogP contribution in [-0.4, -0.2) is 56.0 Å². The highest BCUT2D eigenvalue weighted by atomic mass is 32.2. The molecule has 110 valence electrons. The van der Waals surface area contributed by atoms with Crippen molar-refractivity contribution in [2.24, 2.45) is 0 Å².